The molecule has 2 amide bonds. The number of urea groups is 1. The Kier molecular flexibility index (Phi) is 17.5. The van der Waals surface area contributed by atoms with Crippen LogP contribution in [0.1, 0.15) is 67.7 Å². The van der Waals surface area contributed by atoms with Crippen molar-refractivity contribution in [3.63, 3.8) is 0 Å². The van der Waals surface area contributed by atoms with Gasteiger partial charge >= 0.3 is 16.4 Å². The Bertz CT molecular complexity index is 2810. The van der Waals surface area contributed by atoms with E-state index >= 15 is 0 Å². The van der Waals surface area contributed by atoms with Crippen molar-refractivity contribution in [3.8, 4) is 0 Å². The number of carbonyl (C=O) groups excluding carboxylic acids is 1. The Balaban J connectivity index is 1.46. The summed E-state index contributed by atoms with van der Waals surface area (Å²) in [5, 5.41) is 17.4. The summed E-state index contributed by atoms with van der Waals surface area (Å²) in [6.45, 7) is 2.74. The molecule has 0 aromatic heterocycles. The predicted octanol–water partition coefficient (Wildman–Crippen LogP) is 4.17. The average Bonchev–Trinajstić information content (AvgIpc) is 3.35. The van der Waals surface area contributed by atoms with Crippen molar-refractivity contribution in [1.29, 1.82) is 0 Å². The van der Waals surface area contributed by atoms with Gasteiger partial charge in [-0.1, -0.05) is 99.5 Å². The van der Waals surface area contributed by atoms with Crippen molar-refractivity contribution < 1.29 is 79.3 Å². The lowest BCUT2D eigenvalue weighted by Gasteiger charge is -2.49. The van der Waals surface area contributed by atoms with Crippen molar-refractivity contribution in [1.82, 2.24) is 5.32 Å². The molecular weight excluding hydrogens is 999 g/mol. The number of aliphatic hydroxyl groups excluding tert-OH is 1. The molecule has 384 valence electrons. The number of nitrogens with one attached hydrogen (secondary N) is 2. The van der Waals surface area contributed by atoms with Crippen molar-refractivity contribution in [2.75, 3.05) is 30.1 Å². The van der Waals surface area contributed by atoms with E-state index in [0.29, 0.717) is 47.2 Å². The second-order valence-corrected chi connectivity index (χ2v) is 22.3. The van der Waals surface area contributed by atoms with Crippen LogP contribution in [0.15, 0.2) is 108 Å². The van der Waals surface area contributed by atoms with Crippen LogP contribution in [0.25, 0.3) is 0 Å². The van der Waals surface area contributed by atoms with Gasteiger partial charge in [-0.05, 0) is 65.4 Å². The minimum atomic E-state index is -5.92. The third-order valence-electron chi connectivity index (χ3n) is 12.4. The van der Waals surface area contributed by atoms with Crippen molar-refractivity contribution in [3.05, 3.63) is 125 Å². The second kappa shape index (κ2) is 22.4. The summed E-state index contributed by atoms with van der Waals surface area (Å²) < 4.78 is 165. The van der Waals surface area contributed by atoms with Crippen LogP contribution in [0, 0.1) is 5.41 Å². The first-order valence-corrected chi connectivity index (χ1v) is 27.7. The maximum Gasteiger partial charge on any atom is 0.397 e. The normalized spacial score (nSPS) is 25.8. The van der Waals surface area contributed by atoms with Gasteiger partial charge in [0.05, 0.1) is 36.0 Å². The Labute approximate surface area is 408 Å². The molecular formula is C45H55N3O18S4-2. The van der Waals surface area contributed by atoms with Gasteiger partial charge in [0.25, 0.3) is 0 Å². The monoisotopic (exact) mass is 1050 g/mol. The van der Waals surface area contributed by atoms with Crippen molar-refractivity contribution in [2.45, 2.75) is 106 Å². The summed E-state index contributed by atoms with van der Waals surface area (Å²) in [5.41, 5.74) is 0.927. The van der Waals surface area contributed by atoms with Crippen LogP contribution in [-0.2, 0) is 76.3 Å². The molecule has 4 aromatic carbocycles. The molecule has 25 heteroatoms. The highest BCUT2D eigenvalue weighted by Crippen LogP contribution is 2.49. The van der Waals surface area contributed by atoms with E-state index in [9.17, 15) is 57.2 Å². The molecule has 1 heterocycles. The van der Waals surface area contributed by atoms with Gasteiger partial charge in [0.15, 0.2) is 9.84 Å². The van der Waals surface area contributed by atoms with Gasteiger partial charge in [0.2, 0.25) is 20.8 Å². The zero-order valence-electron chi connectivity index (χ0n) is 38.4. The fraction of sp³-hybridized carbons (Fsp3) is 0.444. The summed E-state index contributed by atoms with van der Waals surface area (Å²) in [6, 6.07) is 23.1. The van der Waals surface area contributed by atoms with Gasteiger partial charge in [-0.3, -0.25) is 12.9 Å². The van der Waals surface area contributed by atoms with Crippen LogP contribution in [0.2, 0.25) is 0 Å². The number of nitrogens with zero attached hydrogens (tertiary/aromatic N) is 1. The third kappa shape index (κ3) is 13.9. The molecule has 4 N–H and O–H groups in total. The molecule has 4 aromatic rings. The molecule has 70 heavy (non-hydrogen) atoms. The average molecular weight is 1050 g/mol. The molecule has 0 saturated heterocycles. The topological polar surface area (TPSA) is 314 Å². The molecule has 1 aliphatic heterocycles. The van der Waals surface area contributed by atoms with E-state index in [2.05, 4.69) is 10.6 Å². The molecule has 0 radical (unpaired) electrons. The minimum Gasteiger partial charge on any atom is -0.726 e. The molecule has 0 unspecified atom stereocenters. The number of rotatable bonds is 20. The number of hydrogen-bond acceptors (Lipinski definition) is 18. The van der Waals surface area contributed by atoms with Crippen molar-refractivity contribution >= 4 is 58.4 Å². The summed E-state index contributed by atoms with van der Waals surface area (Å²) >= 11 is 0. The first-order valence-electron chi connectivity index (χ1n) is 22.0. The number of sulfone groups is 1. The molecule has 0 bridgehead atoms. The highest BCUT2D eigenvalue weighted by atomic mass is 32.3. The summed E-state index contributed by atoms with van der Waals surface area (Å²) in [4.78, 5) is 16.1. The maximum atomic E-state index is 14.3. The number of amides is 2. The summed E-state index contributed by atoms with van der Waals surface area (Å²) in [7, 11) is -17.9. The lowest BCUT2D eigenvalue weighted by atomic mass is 9.69. The third-order valence-corrected chi connectivity index (χ3v) is 15.8. The smallest absolute Gasteiger partial charge is 0.397 e. The van der Waals surface area contributed by atoms with Gasteiger partial charge in [-0.2, -0.15) is 8.42 Å². The zero-order valence-corrected chi connectivity index (χ0v) is 41.7. The molecule has 0 spiro atoms. The molecule has 2 aliphatic rings. The van der Waals surface area contributed by atoms with E-state index < -0.39 is 114 Å². The number of hydrogen-bond donors (Lipinski definition) is 4. The number of benzene rings is 4. The Morgan fingerprint density at radius 2 is 1.31 bits per heavy atom. The van der Waals surface area contributed by atoms with E-state index in [-0.39, 0.29) is 16.3 Å². The van der Waals surface area contributed by atoms with Crippen LogP contribution in [0.5, 0.6) is 0 Å². The van der Waals surface area contributed by atoms with Crippen LogP contribution in [-0.4, -0.2) is 121 Å². The lowest BCUT2D eigenvalue weighted by molar-refractivity contribution is -0.206. The van der Waals surface area contributed by atoms with Crippen LogP contribution < -0.4 is 15.5 Å². The number of carbonyl (C=O) groups is 1. The van der Waals surface area contributed by atoms with E-state index in [0.717, 1.165) is 6.42 Å². The van der Waals surface area contributed by atoms with Crippen LogP contribution in [0.3, 0.4) is 0 Å². The van der Waals surface area contributed by atoms with E-state index in [1.165, 1.54) is 36.4 Å². The lowest BCUT2D eigenvalue weighted by Crippen LogP contribution is -2.71. The first-order chi connectivity index (χ1) is 32.8. The molecule has 6 rings (SSSR count). The predicted molar refractivity (Wildman–Crippen MR) is 251 cm³/mol. The highest BCUT2D eigenvalue weighted by molar-refractivity contribution is 7.91. The van der Waals surface area contributed by atoms with Gasteiger partial charge in [0, 0.05) is 36.8 Å². The maximum absolute atomic E-state index is 14.3. The van der Waals surface area contributed by atoms with Gasteiger partial charge in [-0.25, -0.2) is 34.2 Å². The number of aliphatic hydroxyl groups is 1. The first kappa shape index (κ1) is 54.7. The van der Waals surface area contributed by atoms with E-state index in [1.807, 2.05) is 13.8 Å². The van der Waals surface area contributed by atoms with E-state index in [1.54, 1.807) is 85.7 Å². The largest absolute Gasteiger partial charge is 0.726 e. The molecule has 9 atom stereocenters. The number of ether oxygens (including phenoxy) is 2. The molecule has 21 nitrogen and oxygen atoms in total. The fourth-order valence-electron chi connectivity index (χ4n) is 9.12. The number of unbranched alkanes of at least 4 members (excludes halogenated alkanes) is 1. The van der Waals surface area contributed by atoms with Gasteiger partial charge in [-0.15, -0.1) is 0 Å². The molecule has 1 fully saturated rings. The quantitative estimate of drug-likeness (QED) is 0.0713. The summed E-state index contributed by atoms with van der Waals surface area (Å²) in [6.07, 6.45) is -11.0. The highest BCUT2D eigenvalue weighted by Gasteiger charge is 2.58. The Morgan fingerprint density at radius 1 is 0.757 bits per heavy atom. The summed E-state index contributed by atoms with van der Waals surface area (Å²) in [5.74, 6) is -1.32. The van der Waals surface area contributed by atoms with Crippen LogP contribution >= 0.6 is 0 Å². The fourth-order valence-corrected chi connectivity index (χ4v) is 12.9. The van der Waals surface area contributed by atoms with Gasteiger partial charge in [0.1, 0.15) is 30.5 Å². The molecule has 1 aliphatic carbocycles. The SMILES string of the molecule is CCCC[C@]1(CC)CS(=O)(=O)c2ccc(N(C)C)cc2[C@@H](c2cccc(NC(=O)N[C@@H]3[C@@H](OS(=O)(=O)O)[C@H](OCc4ccccc4)[C@@H](OS(=O)(=O)[O-])[C@H](OCc4ccccc4)[C@H]3OS(=O)(=O)[O-])c2)[C@H]1O. The standard InChI is InChI=1S/C45H57N3O18S4/c1-5-7-23-45(6-2)28-67(51,52)35-22-21-33(48(3)4)25-34(35)36(43(45)49)31-19-14-20-32(24-31)46-44(50)47-37-38(64-68(53,54)55)40(62-26-29-15-10-8-11-16-29)42(66-70(59,60)61)41(39(37)65-69(56,57)58)63-27-30-17-12-9-13-18-30/h8-22,24-25,36-43,49H,5-7,23,26-28H2,1-4H3,(H2,46,47,50)(H,53,54,55)(H,56,57,58)(H,59,60,61)/p-2/t36-,37-,38-,39+,40+,41-,42-,43-,45-/m1/s1. The Morgan fingerprint density at radius 3 is 1.83 bits per heavy atom. The van der Waals surface area contributed by atoms with Crippen LogP contribution in [0.4, 0.5) is 16.2 Å². The number of fused-ring (bicyclic) bond motifs is 1. The second-order valence-electron chi connectivity index (χ2n) is 17.3. The van der Waals surface area contributed by atoms with E-state index in [4.69, 9.17) is 22.0 Å². The molecule has 1 saturated carbocycles. The Hall–Kier alpha value is -4.61. The minimum absolute atomic E-state index is 0.0142. The van der Waals surface area contributed by atoms with Crippen molar-refractivity contribution in [2.24, 2.45) is 5.41 Å². The zero-order chi connectivity index (χ0) is 51.2. The number of anilines is 2. The van der Waals surface area contributed by atoms with Gasteiger partial charge < -0.3 is 39.2 Å².